The van der Waals surface area contributed by atoms with Crippen LogP contribution in [0.2, 0.25) is 0 Å². The number of carbonyl (C=O) groups is 2. The van der Waals surface area contributed by atoms with Crippen LogP contribution in [-0.2, 0) is 4.74 Å². The minimum absolute atomic E-state index is 0.356. The predicted molar refractivity (Wildman–Crippen MR) is 55.5 cm³/mol. The van der Waals surface area contributed by atoms with Crippen molar-refractivity contribution in [2.45, 2.75) is 13.8 Å². The summed E-state index contributed by atoms with van der Waals surface area (Å²) in [5, 5.41) is 0. The van der Waals surface area contributed by atoms with E-state index in [4.69, 9.17) is 0 Å². The van der Waals surface area contributed by atoms with Gasteiger partial charge in [-0.1, -0.05) is 23.8 Å². The summed E-state index contributed by atoms with van der Waals surface area (Å²) in [4.78, 5) is 22.7. The van der Waals surface area contributed by atoms with Gasteiger partial charge in [0.15, 0.2) is 0 Å². The van der Waals surface area contributed by atoms with Crippen LogP contribution in [0.4, 0.5) is 0 Å². The SMILES string of the molecule is CC(C)=Cc1cccc2c1C(=O)OC2=O. The fourth-order valence-electron chi connectivity index (χ4n) is 1.59. The zero-order valence-electron chi connectivity index (χ0n) is 8.53. The Morgan fingerprint density at radius 2 is 1.93 bits per heavy atom. The van der Waals surface area contributed by atoms with Crippen LogP contribution in [0, 0.1) is 0 Å². The number of benzene rings is 1. The summed E-state index contributed by atoms with van der Waals surface area (Å²) >= 11 is 0. The molecule has 0 bridgehead atoms. The fraction of sp³-hybridized carbons (Fsp3) is 0.167. The Bertz CT molecular complexity index is 480. The minimum atomic E-state index is -0.556. The molecule has 0 saturated carbocycles. The zero-order valence-corrected chi connectivity index (χ0v) is 8.53. The number of hydrogen-bond donors (Lipinski definition) is 0. The summed E-state index contributed by atoms with van der Waals surface area (Å²) in [5.74, 6) is -1.11. The molecule has 0 fully saturated rings. The molecule has 3 nitrogen and oxygen atoms in total. The molecule has 0 saturated heterocycles. The van der Waals surface area contributed by atoms with Crippen molar-refractivity contribution >= 4 is 18.0 Å². The van der Waals surface area contributed by atoms with Crippen LogP contribution in [0.1, 0.15) is 40.1 Å². The van der Waals surface area contributed by atoms with Crippen LogP contribution in [0.15, 0.2) is 23.8 Å². The second-order valence-electron chi connectivity index (χ2n) is 3.67. The summed E-state index contributed by atoms with van der Waals surface area (Å²) in [6, 6.07) is 5.14. The molecule has 0 amide bonds. The number of fused-ring (bicyclic) bond motifs is 1. The Morgan fingerprint density at radius 1 is 1.20 bits per heavy atom. The Kier molecular flexibility index (Phi) is 2.15. The highest BCUT2D eigenvalue weighted by atomic mass is 16.6. The molecule has 76 valence electrons. The van der Waals surface area contributed by atoms with Gasteiger partial charge in [0.1, 0.15) is 0 Å². The van der Waals surface area contributed by atoms with E-state index in [0.717, 1.165) is 11.1 Å². The summed E-state index contributed by atoms with van der Waals surface area (Å²) < 4.78 is 4.55. The first-order valence-corrected chi connectivity index (χ1v) is 4.64. The third kappa shape index (κ3) is 1.56. The van der Waals surface area contributed by atoms with E-state index in [2.05, 4.69) is 4.74 Å². The average molecular weight is 202 g/mol. The molecule has 1 aliphatic rings. The lowest BCUT2D eigenvalue weighted by atomic mass is 10.0. The molecule has 0 spiro atoms. The second-order valence-corrected chi connectivity index (χ2v) is 3.67. The van der Waals surface area contributed by atoms with E-state index >= 15 is 0 Å². The monoisotopic (exact) mass is 202 g/mol. The lowest BCUT2D eigenvalue weighted by Crippen LogP contribution is -1.98. The van der Waals surface area contributed by atoms with E-state index in [1.165, 1.54) is 0 Å². The Labute approximate surface area is 87.4 Å². The molecule has 1 aromatic rings. The topological polar surface area (TPSA) is 43.4 Å². The smallest absolute Gasteiger partial charge is 0.347 e. The maximum atomic E-state index is 11.4. The lowest BCUT2D eigenvalue weighted by molar-refractivity contribution is 0.0444. The highest BCUT2D eigenvalue weighted by molar-refractivity contribution is 6.16. The summed E-state index contributed by atoms with van der Waals surface area (Å²) in [7, 11) is 0. The first kappa shape index (κ1) is 9.65. The van der Waals surface area contributed by atoms with E-state index < -0.39 is 11.9 Å². The van der Waals surface area contributed by atoms with Gasteiger partial charge >= 0.3 is 11.9 Å². The third-order valence-electron chi connectivity index (χ3n) is 2.15. The summed E-state index contributed by atoms with van der Waals surface area (Å²) in [6.07, 6.45) is 1.86. The molecule has 0 aliphatic carbocycles. The number of rotatable bonds is 1. The Balaban J connectivity index is 2.66. The van der Waals surface area contributed by atoms with Crippen LogP contribution in [-0.4, -0.2) is 11.9 Å². The molecule has 1 aliphatic heterocycles. The molecule has 0 aromatic heterocycles. The summed E-state index contributed by atoms with van der Waals surface area (Å²) in [6.45, 7) is 3.86. The number of hydrogen-bond acceptors (Lipinski definition) is 3. The van der Waals surface area contributed by atoms with Crippen molar-refractivity contribution < 1.29 is 14.3 Å². The van der Waals surface area contributed by atoms with E-state index in [0.29, 0.717) is 11.1 Å². The zero-order chi connectivity index (χ0) is 11.0. The molecule has 15 heavy (non-hydrogen) atoms. The largest absolute Gasteiger partial charge is 0.386 e. The first-order valence-electron chi connectivity index (χ1n) is 4.64. The molecule has 0 N–H and O–H groups in total. The van der Waals surface area contributed by atoms with E-state index in [-0.39, 0.29) is 0 Å². The number of esters is 2. The predicted octanol–water partition coefficient (Wildman–Crippen LogP) is 2.42. The average Bonchev–Trinajstić information content (AvgIpc) is 2.43. The first-order chi connectivity index (χ1) is 7.09. The molecule has 0 atom stereocenters. The molecule has 1 aromatic carbocycles. The van der Waals surface area contributed by atoms with Crippen LogP contribution in [0.3, 0.4) is 0 Å². The van der Waals surface area contributed by atoms with Crippen molar-refractivity contribution in [2.24, 2.45) is 0 Å². The number of allylic oxidation sites excluding steroid dienone is 1. The van der Waals surface area contributed by atoms with Crippen molar-refractivity contribution in [2.75, 3.05) is 0 Å². The molecule has 3 heteroatoms. The van der Waals surface area contributed by atoms with Gasteiger partial charge in [-0.05, 0) is 25.5 Å². The van der Waals surface area contributed by atoms with Gasteiger partial charge in [0.25, 0.3) is 0 Å². The Hall–Kier alpha value is -1.90. The summed E-state index contributed by atoms with van der Waals surface area (Å²) in [5.41, 5.74) is 2.54. The number of cyclic esters (lactones) is 2. The fourth-order valence-corrected chi connectivity index (χ4v) is 1.59. The van der Waals surface area contributed by atoms with Crippen LogP contribution in [0.25, 0.3) is 6.08 Å². The normalized spacial score (nSPS) is 13.5. The van der Waals surface area contributed by atoms with Gasteiger partial charge < -0.3 is 4.74 Å². The lowest BCUT2D eigenvalue weighted by Gasteiger charge is -1.99. The van der Waals surface area contributed by atoms with Crippen molar-refractivity contribution in [3.05, 3.63) is 40.5 Å². The highest BCUT2D eigenvalue weighted by Gasteiger charge is 2.31. The van der Waals surface area contributed by atoms with Crippen LogP contribution < -0.4 is 0 Å². The van der Waals surface area contributed by atoms with Gasteiger partial charge in [-0.2, -0.15) is 0 Å². The third-order valence-corrected chi connectivity index (χ3v) is 2.15. The molecule has 0 unspecified atom stereocenters. The van der Waals surface area contributed by atoms with Gasteiger partial charge in [0.05, 0.1) is 11.1 Å². The van der Waals surface area contributed by atoms with Crippen molar-refractivity contribution in [1.82, 2.24) is 0 Å². The number of ether oxygens (including phenoxy) is 1. The van der Waals surface area contributed by atoms with Gasteiger partial charge in [0, 0.05) is 0 Å². The van der Waals surface area contributed by atoms with Crippen LogP contribution >= 0.6 is 0 Å². The van der Waals surface area contributed by atoms with Gasteiger partial charge in [0.2, 0.25) is 0 Å². The second kappa shape index (κ2) is 3.35. The van der Waals surface area contributed by atoms with Crippen LogP contribution in [0.5, 0.6) is 0 Å². The van der Waals surface area contributed by atoms with Gasteiger partial charge in [-0.25, -0.2) is 9.59 Å². The van der Waals surface area contributed by atoms with Crippen molar-refractivity contribution in [1.29, 1.82) is 0 Å². The quantitative estimate of drug-likeness (QED) is 0.518. The molecular formula is C12H10O3. The van der Waals surface area contributed by atoms with E-state index in [1.54, 1.807) is 18.2 Å². The van der Waals surface area contributed by atoms with Crippen molar-refractivity contribution in [3.63, 3.8) is 0 Å². The molecule has 2 rings (SSSR count). The Morgan fingerprint density at radius 3 is 2.60 bits per heavy atom. The van der Waals surface area contributed by atoms with E-state index in [1.807, 2.05) is 19.9 Å². The highest BCUT2D eigenvalue weighted by Crippen LogP contribution is 2.25. The van der Waals surface area contributed by atoms with Gasteiger partial charge in [-0.15, -0.1) is 0 Å². The molecule has 0 radical (unpaired) electrons. The minimum Gasteiger partial charge on any atom is -0.386 e. The molecular weight excluding hydrogens is 192 g/mol. The maximum Gasteiger partial charge on any atom is 0.347 e. The van der Waals surface area contributed by atoms with E-state index in [9.17, 15) is 9.59 Å². The number of carbonyl (C=O) groups excluding carboxylic acids is 2. The molecule has 1 heterocycles. The van der Waals surface area contributed by atoms with Gasteiger partial charge in [-0.3, -0.25) is 0 Å². The maximum absolute atomic E-state index is 11.4. The van der Waals surface area contributed by atoms with Crippen molar-refractivity contribution in [3.8, 4) is 0 Å². The standard InChI is InChI=1S/C12H10O3/c1-7(2)6-8-4-3-5-9-10(8)12(14)15-11(9)13/h3-6H,1-2H3.